The van der Waals surface area contributed by atoms with Crippen molar-refractivity contribution in [1.82, 2.24) is 10.3 Å². The third kappa shape index (κ3) is 2.45. The number of carbonyl (C=O) groups is 1. The van der Waals surface area contributed by atoms with E-state index in [1.165, 1.54) is 10.9 Å². The van der Waals surface area contributed by atoms with E-state index < -0.39 is 0 Å². The molecule has 2 heterocycles. The minimum Gasteiger partial charge on any atom is -0.362 e. The van der Waals surface area contributed by atoms with E-state index in [-0.39, 0.29) is 23.9 Å². The zero-order valence-electron chi connectivity index (χ0n) is 13.2. The number of rotatable bonds is 2. The van der Waals surface area contributed by atoms with Crippen LogP contribution >= 0.6 is 11.6 Å². The normalized spacial score (nSPS) is 22.4. The molecule has 118 valence electrons. The third-order valence-electron chi connectivity index (χ3n) is 4.46. The number of carbonyl (C=O) groups excluding carboxylic acids is 1. The first kappa shape index (κ1) is 15.2. The van der Waals surface area contributed by atoms with Gasteiger partial charge in [0.25, 0.3) is 0 Å². The van der Waals surface area contributed by atoms with Gasteiger partial charge in [-0.15, -0.1) is 11.6 Å². The summed E-state index contributed by atoms with van der Waals surface area (Å²) in [4.78, 5) is 18.1. The fraction of sp³-hybridized carbons (Fsp3) is 0.471. The van der Waals surface area contributed by atoms with Gasteiger partial charge in [0.05, 0.1) is 0 Å². The van der Waals surface area contributed by atoms with E-state index in [2.05, 4.69) is 41.2 Å². The molecule has 5 heteroatoms. The molecule has 1 amide bonds. The Morgan fingerprint density at radius 1 is 1.41 bits per heavy atom. The van der Waals surface area contributed by atoms with E-state index in [0.29, 0.717) is 5.88 Å². The molecular weight excluding hydrogens is 298 g/mol. The van der Waals surface area contributed by atoms with E-state index in [9.17, 15) is 4.79 Å². The number of nitrogens with one attached hydrogen (secondary N) is 2. The lowest BCUT2D eigenvalue weighted by Gasteiger charge is -2.32. The summed E-state index contributed by atoms with van der Waals surface area (Å²) in [5.74, 6) is 0.667. The highest BCUT2D eigenvalue weighted by Crippen LogP contribution is 2.33. The van der Waals surface area contributed by atoms with Gasteiger partial charge in [0.2, 0.25) is 5.91 Å². The van der Waals surface area contributed by atoms with Crippen LogP contribution in [-0.4, -0.2) is 35.9 Å². The molecule has 0 bridgehead atoms. The van der Waals surface area contributed by atoms with Crippen LogP contribution in [0.3, 0.4) is 0 Å². The van der Waals surface area contributed by atoms with E-state index >= 15 is 0 Å². The molecule has 1 aromatic carbocycles. The molecule has 0 radical (unpaired) electrons. The van der Waals surface area contributed by atoms with Gasteiger partial charge < -0.3 is 15.2 Å². The number of benzene rings is 1. The Labute approximate surface area is 135 Å². The van der Waals surface area contributed by atoms with Gasteiger partial charge in [0, 0.05) is 41.8 Å². The maximum absolute atomic E-state index is 12.7. The van der Waals surface area contributed by atoms with Gasteiger partial charge in [0.1, 0.15) is 6.04 Å². The molecule has 1 aromatic heterocycles. The Hall–Kier alpha value is -1.68. The molecule has 1 aliphatic rings. The van der Waals surface area contributed by atoms with Crippen LogP contribution in [0.1, 0.15) is 19.4 Å². The fourth-order valence-corrected chi connectivity index (χ4v) is 3.65. The molecule has 4 nitrogen and oxygen atoms in total. The first-order valence-electron chi connectivity index (χ1n) is 7.71. The summed E-state index contributed by atoms with van der Waals surface area (Å²) in [7, 11) is 2.00. The largest absolute Gasteiger partial charge is 0.362 e. The predicted octanol–water partition coefficient (Wildman–Crippen LogP) is 2.91. The molecule has 3 rings (SSSR count). The average Bonchev–Trinajstić information content (AvgIpc) is 2.89. The first-order chi connectivity index (χ1) is 10.5. The van der Waals surface area contributed by atoms with E-state index in [4.69, 9.17) is 11.6 Å². The summed E-state index contributed by atoms with van der Waals surface area (Å²) in [5, 5.41) is 4.31. The molecule has 2 aromatic rings. The molecule has 0 aliphatic carbocycles. The van der Waals surface area contributed by atoms with Crippen LogP contribution in [0.2, 0.25) is 0 Å². The summed E-state index contributed by atoms with van der Waals surface area (Å²) < 4.78 is 0. The number of amides is 1. The van der Waals surface area contributed by atoms with Crippen molar-refractivity contribution >= 4 is 34.1 Å². The smallest absolute Gasteiger partial charge is 0.243 e. The second-order valence-corrected chi connectivity index (χ2v) is 6.69. The van der Waals surface area contributed by atoms with Crippen molar-refractivity contribution in [2.75, 3.05) is 17.8 Å². The molecule has 0 fully saturated rings. The van der Waals surface area contributed by atoms with Gasteiger partial charge in [-0.2, -0.15) is 0 Å². The van der Waals surface area contributed by atoms with Gasteiger partial charge in [-0.1, -0.05) is 19.9 Å². The van der Waals surface area contributed by atoms with Crippen molar-refractivity contribution in [2.45, 2.75) is 32.4 Å². The lowest BCUT2D eigenvalue weighted by molar-refractivity contribution is -0.123. The highest BCUT2D eigenvalue weighted by molar-refractivity contribution is 6.18. The Balaban J connectivity index is 2.20. The molecule has 0 saturated heterocycles. The van der Waals surface area contributed by atoms with E-state index in [1.807, 2.05) is 19.3 Å². The van der Waals surface area contributed by atoms with Crippen LogP contribution in [0.5, 0.6) is 0 Å². The summed E-state index contributed by atoms with van der Waals surface area (Å²) >= 11 is 6.08. The standard InChI is InChI=1S/C17H22ClN3O/c1-10(2)16-17(22)20-12(8-18)7-11-9-19-13-5-4-6-14(15(11)13)21(16)3/h4-6,9-10,12,16,19H,7-8H2,1-3H3,(H,20,22). The Morgan fingerprint density at radius 3 is 2.86 bits per heavy atom. The number of hydrogen-bond acceptors (Lipinski definition) is 2. The zero-order valence-corrected chi connectivity index (χ0v) is 13.9. The maximum Gasteiger partial charge on any atom is 0.243 e. The van der Waals surface area contributed by atoms with Crippen molar-refractivity contribution in [3.05, 3.63) is 30.0 Å². The van der Waals surface area contributed by atoms with Crippen LogP contribution < -0.4 is 10.2 Å². The summed E-state index contributed by atoms with van der Waals surface area (Å²) in [5.41, 5.74) is 3.40. The number of halogens is 1. The Kier molecular flexibility index (Phi) is 4.04. The van der Waals surface area contributed by atoms with Gasteiger partial charge in [-0.05, 0) is 30.0 Å². The van der Waals surface area contributed by atoms with Crippen LogP contribution in [-0.2, 0) is 11.2 Å². The van der Waals surface area contributed by atoms with Gasteiger partial charge in [-0.3, -0.25) is 4.79 Å². The highest BCUT2D eigenvalue weighted by atomic mass is 35.5. The summed E-state index contributed by atoms with van der Waals surface area (Å²) in [6.45, 7) is 4.15. The van der Waals surface area contributed by atoms with Crippen molar-refractivity contribution < 1.29 is 4.79 Å². The lowest BCUT2D eigenvalue weighted by atomic mass is 10.0. The number of nitrogens with zero attached hydrogens (tertiary/aromatic N) is 1. The summed E-state index contributed by atoms with van der Waals surface area (Å²) in [6, 6.07) is 5.93. The number of H-pyrrole nitrogens is 1. The summed E-state index contributed by atoms with van der Waals surface area (Å²) in [6.07, 6.45) is 2.77. The number of anilines is 1. The highest BCUT2D eigenvalue weighted by Gasteiger charge is 2.31. The first-order valence-corrected chi connectivity index (χ1v) is 8.24. The Bertz CT molecular complexity index is 694. The average molecular weight is 320 g/mol. The molecule has 2 unspecified atom stereocenters. The van der Waals surface area contributed by atoms with Crippen LogP contribution in [0.4, 0.5) is 5.69 Å². The Morgan fingerprint density at radius 2 is 2.18 bits per heavy atom. The zero-order chi connectivity index (χ0) is 15.9. The number of hydrogen-bond donors (Lipinski definition) is 2. The molecule has 0 saturated carbocycles. The third-order valence-corrected chi connectivity index (χ3v) is 4.83. The fourth-order valence-electron chi connectivity index (χ4n) is 3.46. The monoisotopic (exact) mass is 319 g/mol. The van der Waals surface area contributed by atoms with Gasteiger partial charge >= 0.3 is 0 Å². The van der Waals surface area contributed by atoms with Crippen LogP contribution in [0.15, 0.2) is 24.4 Å². The lowest BCUT2D eigenvalue weighted by Crippen LogP contribution is -2.51. The number of likely N-dealkylation sites (N-methyl/N-ethyl adjacent to an activating group) is 1. The van der Waals surface area contributed by atoms with E-state index in [1.54, 1.807) is 0 Å². The molecule has 22 heavy (non-hydrogen) atoms. The molecule has 1 aliphatic heterocycles. The molecule has 2 N–H and O–H groups in total. The second-order valence-electron chi connectivity index (χ2n) is 6.38. The van der Waals surface area contributed by atoms with Crippen molar-refractivity contribution in [1.29, 1.82) is 0 Å². The van der Waals surface area contributed by atoms with Crippen molar-refractivity contribution in [3.63, 3.8) is 0 Å². The minimum atomic E-state index is -0.211. The SMILES string of the molecule is CC(C)C1C(=O)NC(CCl)Cc2c[nH]c3cccc(c23)N1C. The van der Waals surface area contributed by atoms with E-state index in [0.717, 1.165) is 17.6 Å². The van der Waals surface area contributed by atoms with Crippen molar-refractivity contribution in [3.8, 4) is 0 Å². The maximum atomic E-state index is 12.7. The predicted molar refractivity (Wildman–Crippen MR) is 91.7 cm³/mol. The quantitative estimate of drug-likeness (QED) is 0.836. The van der Waals surface area contributed by atoms with Crippen molar-refractivity contribution in [2.24, 2.45) is 5.92 Å². The van der Waals surface area contributed by atoms with Crippen LogP contribution in [0.25, 0.3) is 10.9 Å². The van der Waals surface area contributed by atoms with Gasteiger partial charge in [0.15, 0.2) is 0 Å². The van der Waals surface area contributed by atoms with Crippen LogP contribution in [0, 0.1) is 5.92 Å². The topological polar surface area (TPSA) is 48.1 Å². The second kappa shape index (κ2) is 5.84. The molecular formula is C17H22ClN3O. The molecule has 2 atom stereocenters. The number of alkyl halides is 1. The minimum absolute atomic E-state index is 0.0472. The number of aromatic amines is 1. The van der Waals surface area contributed by atoms with Gasteiger partial charge in [-0.25, -0.2) is 0 Å². The molecule has 0 spiro atoms. The number of aromatic nitrogens is 1.